The molecule has 1 aromatic heterocycles. The molecule has 1 aliphatic heterocycles. The number of hydrogen-bond acceptors (Lipinski definition) is 4. The van der Waals surface area contributed by atoms with Gasteiger partial charge < -0.3 is 20.5 Å². The van der Waals surface area contributed by atoms with Crippen LogP contribution in [-0.4, -0.2) is 29.5 Å². The summed E-state index contributed by atoms with van der Waals surface area (Å²) in [5, 5.41) is 2.81. The summed E-state index contributed by atoms with van der Waals surface area (Å²) >= 11 is 0. The van der Waals surface area contributed by atoms with Crippen LogP contribution in [0, 0.1) is 0 Å². The van der Waals surface area contributed by atoms with Crippen LogP contribution in [0.4, 0.5) is 5.69 Å². The highest BCUT2D eigenvalue weighted by atomic mass is 16.2. The van der Waals surface area contributed by atoms with Crippen LogP contribution >= 0.6 is 0 Å². The molecule has 0 spiro atoms. The maximum absolute atomic E-state index is 12.5. The Bertz CT molecular complexity index is 869. The maximum atomic E-state index is 12.5. The number of benzene rings is 1. The molecule has 0 bridgehead atoms. The van der Waals surface area contributed by atoms with E-state index >= 15 is 0 Å². The molecule has 7 heteroatoms. The molecule has 0 unspecified atom stereocenters. The van der Waals surface area contributed by atoms with Crippen molar-refractivity contribution >= 4 is 17.5 Å². The number of nitrogens with two attached hydrogens (primary N) is 1. The van der Waals surface area contributed by atoms with Gasteiger partial charge in [-0.1, -0.05) is 18.2 Å². The van der Waals surface area contributed by atoms with E-state index in [1.807, 2.05) is 18.2 Å². The quantitative estimate of drug-likeness (QED) is 0.804. The average Bonchev–Trinajstić information content (AvgIpc) is 3.16. The summed E-state index contributed by atoms with van der Waals surface area (Å²) in [6.45, 7) is 2.11. The molecule has 0 atom stereocenters. The Morgan fingerprint density at radius 2 is 1.81 bits per heavy atom. The second-order valence-electron chi connectivity index (χ2n) is 6.33. The second kappa shape index (κ2) is 7.86. The molecule has 1 aliphatic rings. The SMILES string of the molecule is NC(=O)Cn1cccc(C(=O)NCc2ccccc2N2CCCC2)c1=O. The Labute approximate surface area is 151 Å². The van der Waals surface area contributed by atoms with Gasteiger partial charge in [0.1, 0.15) is 12.1 Å². The lowest BCUT2D eigenvalue weighted by Crippen LogP contribution is -2.35. The van der Waals surface area contributed by atoms with E-state index in [0.717, 1.165) is 28.9 Å². The number of carbonyl (C=O) groups is 2. The fourth-order valence-corrected chi connectivity index (χ4v) is 3.20. The molecule has 0 saturated carbocycles. The summed E-state index contributed by atoms with van der Waals surface area (Å²) in [7, 11) is 0. The van der Waals surface area contributed by atoms with Gasteiger partial charge in [-0.05, 0) is 36.6 Å². The Hall–Kier alpha value is -3.09. The first-order chi connectivity index (χ1) is 12.6. The molecule has 0 aliphatic carbocycles. The van der Waals surface area contributed by atoms with E-state index in [-0.39, 0.29) is 12.1 Å². The van der Waals surface area contributed by atoms with Crippen LogP contribution in [0.25, 0.3) is 0 Å². The van der Waals surface area contributed by atoms with E-state index in [9.17, 15) is 14.4 Å². The first-order valence-electron chi connectivity index (χ1n) is 8.65. The smallest absolute Gasteiger partial charge is 0.263 e. The third kappa shape index (κ3) is 3.93. The van der Waals surface area contributed by atoms with Crippen LogP contribution in [0.5, 0.6) is 0 Å². The fraction of sp³-hybridized carbons (Fsp3) is 0.316. The van der Waals surface area contributed by atoms with Crippen LogP contribution in [0.1, 0.15) is 28.8 Å². The summed E-state index contributed by atoms with van der Waals surface area (Å²) in [5.74, 6) is -1.10. The van der Waals surface area contributed by atoms with Crippen molar-refractivity contribution in [1.29, 1.82) is 0 Å². The number of nitrogens with zero attached hydrogens (tertiary/aromatic N) is 2. The minimum Gasteiger partial charge on any atom is -0.371 e. The van der Waals surface area contributed by atoms with E-state index in [0.29, 0.717) is 6.54 Å². The predicted octanol–water partition coefficient (Wildman–Crippen LogP) is 0.864. The number of nitrogens with one attached hydrogen (secondary N) is 1. The number of carbonyl (C=O) groups excluding carboxylic acids is 2. The molecule has 3 rings (SSSR count). The Morgan fingerprint density at radius 1 is 1.08 bits per heavy atom. The largest absolute Gasteiger partial charge is 0.371 e. The molecule has 1 saturated heterocycles. The van der Waals surface area contributed by atoms with Crippen LogP contribution in [0.2, 0.25) is 0 Å². The van der Waals surface area contributed by atoms with Crippen molar-refractivity contribution in [3.05, 3.63) is 64.1 Å². The van der Waals surface area contributed by atoms with Crippen LogP contribution in [-0.2, 0) is 17.9 Å². The molecule has 136 valence electrons. The molecular weight excluding hydrogens is 332 g/mol. The van der Waals surface area contributed by atoms with Crippen molar-refractivity contribution in [2.24, 2.45) is 5.73 Å². The number of anilines is 1. The summed E-state index contributed by atoms with van der Waals surface area (Å²) in [6.07, 6.45) is 3.78. The average molecular weight is 354 g/mol. The van der Waals surface area contributed by atoms with Gasteiger partial charge in [0.2, 0.25) is 5.91 Å². The Balaban J connectivity index is 1.74. The van der Waals surface area contributed by atoms with Crippen molar-refractivity contribution in [3.63, 3.8) is 0 Å². The third-order valence-corrected chi connectivity index (χ3v) is 4.47. The number of pyridine rings is 1. The van der Waals surface area contributed by atoms with Gasteiger partial charge in [-0.2, -0.15) is 0 Å². The molecule has 1 fully saturated rings. The van der Waals surface area contributed by atoms with E-state index in [4.69, 9.17) is 5.73 Å². The molecule has 3 N–H and O–H groups in total. The zero-order chi connectivity index (χ0) is 18.5. The van der Waals surface area contributed by atoms with Gasteiger partial charge >= 0.3 is 0 Å². The highest BCUT2D eigenvalue weighted by molar-refractivity contribution is 5.93. The molecule has 2 amide bonds. The number of rotatable bonds is 6. The Morgan fingerprint density at radius 3 is 2.54 bits per heavy atom. The zero-order valence-electron chi connectivity index (χ0n) is 14.5. The Kier molecular flexibility index (Phi) is 5.36. The number of amides is 2. The lowest BCUT2D eigenvalue weighted by molar-refractivity contribution is -0.118. The topological polar surface area (TPSA) is 97.4 Å². The van der Waals surface area contributed by atoms with Gasteiger partial charge in [0.05, 0.1) is 0 Å². The lowest BCUT2D eigenvalue weighted by atomic mass is 10.1. The van der Waals surface area contributed by atoms with E-state index in [2.05, 4.69) is 16.3 Å². The summed E-state index contributed by atoms with van der Waals surface area (Å²) < 4.78 is 1.13. The van der Waals surface area contributed by atoms with Crippen LogP contribution in [0.3, 0.4) is 0 Å². The minimum absolute atomic E-state index is 0.00703. The zero-order valence-corrected chi connectivity index (χ0v) is 14.5. The van der Waals surface area contributed by atoms with Gasteiger partial charge in [0.25, 0.3) is 11.5 Å². The van der Waals surface area contributed by atoms with Crippen LogP contribution < -0.4 is 21.5 Å². The molecule has 2 heterocycles. The normalized spacial score (nSPS) is 13.6. The van der Waals surface area contributed by atoms with E-state index in [1.165, 1.54) is 25.1 Å². The number of hydrogen-bond donors (Lipinski definition) is 2. The molecular formula is C19H22N4O3. The number of para-hydroxylation sites is 1. The minimum atomic E-state index is -0.635. The molecule has 26 heavy (non-hydrogen) atoms. The van der Waals surface area contributed by atoms with Crippen molar-refractivity contribution in [2.45, 2.75) is 25.9 Å². The third-order valence-electron chi connectivity index (χ3n) is 4.47. The van der Waals surface area contributed by atoms with Gasteiger partial charge in [-0.3, -0.25) is 14.4 Å². The molecule has 0 radical (unpaired) electrons. The van der Waals surface area contributed by atoms with E-state index in [1.54, 1.807) is 6.07 Å². The second-order valence-corrected chi connectivity index (χ2v) is 6.33. The van der Waals surface area contributed by atoms with Gasteiger partial charge in [-0.15, -0.1) is 0 Å². The first-order valence-corrected chi connectivity index (χ1v) is 8.65. The van der Waals surface area contributed by atoms with Gasteiger partial charge in [0, 0.05) is 31.5 Å². The monoisotopic (exact) mass is 354 g/mol. The molecule has 1 aromatic carbocycles. The van der Waals surface area contributed by atoms with Gasteiger partial charge in [0.15, 0.2) is 0 Å². The van der Waals surface area contributed by atoms with Crippen LogP contribution in [0.15, 0.2) is 47.4 Å². The molecule has 7 nitrogen and oxygen atoms in total. The standard InChI is InChI=1S/C19H22N4O3/c20-17(24)13-23-11-5-7-15(19(23)26)18(25)21-12-14-6-1-2-8-16(14)22-9-3-4-10-22/h1-2,5-8,11H,3-4,9-10,12-13H2,(H2,20,24)(H,21,25). The first kappa shape index (κ1) is 17.7. The molecule has 2 aromatic rings. The van der Waals surface area contributed by atoms with Crippen molar-refractivity contribution < 1.29 is 9.59 Å². The fourth-order valence-electron chi connectivity index (χ4n) is 3.20. The van der Waals surface area contributed by atoms with Crippen molar-refractivity contribution in [2.75, 3.05) is 18.0 Å². The maximum Gasteiger partial charge on any atom is 0.263 e. The van der Waals surface area contributed by atoms with Crippen molar-refractivity contribution in [1.82, 2.24) is 9.88 Å². The van der Waals surface area contributed by atoms with Gasteiger partial charge in [-0.25, -0.2) is 0 Å². The van der Waals surface area contributed by atoms with E-state index < -0.39 is 17.4 Å². The number of primary amides is 1. The predicted molar refractivity (Wildman–Crippen MR) is 99.0 cm³/mol. The lowest BCUT2D eigenvalue weighted by Gasteiger charge is -2.21. The summed E-state index contributed by atoms with van der Waals surface area (Å²) in [6, 6.07) is 10.9. The van der Waals surface area contributed by atoms with Crippen molar-refractivity contribution in [3.8, 4) is 0 Å². The highest BCUT2D eigenvalue weighted by Crippen LogP contribution is 2.24. The highest BCUT2D eigenvalue weighted by Gasteiger charge is 2.17. The summed E-state index contributed by atoms with van der Waals surface area (Å²) in [5.41, 5.74) is 6.71. The summed E-state index contributed by atoms with van der Waals surface area (Å²) in [4.78, 5) is 38.1. The number of aromatic nitrogens is 1.